The molecule has 2 heterocycles. The van der Waals surface area contributed by atoms with Gasteiger partial charge in [0.25, 0.3) is 0 Å². The third kappa shape index (κ3) is 4.55. The van der Waals surface area contributed by atoms with Crippen molar-refractivity contribution in [2.45, 2.75) is 71.6 Å². The Labute approximate surface area is 152 Å². The van der Waals surface area contributed by atoms with Crippen LogP contribution in [0.5, 0.6) is 0 Å². The van der Waals surface area contributed by atoms with Crippen LogP contribution in [0.3, 0.4) is 0 Å². The lowest BCUT2D eigenvalue weighted by Gasteiger charge is -2.36. The summed E-state index contributed by atoms with van der Waals surface area (Å²) in [5.41, 5.74) is 3.61. The van der Waals surface area contributed by atoms with E-state index >= 15 is 0 Å². The number of rotatable bonds is 2. The fourth-order valence-electron chi connectivity index (χ4n) is 3.93. The molecule has 25 heavy (non-hydrogen) atoms. The number of nitrogens with zero attached hydrogens (tertiary/aromatic N) is 2. The zero-order valence-electron chi connectivity index (χ0n) is 16.2. The molecular weight excluding hydrogens is 312 g/mol. The molecule has 0 radical (unpaired) electrons. The molecule has 1 aromatic rings. The molecule has 1 amide bonds. The molecule has 0 saturated carbocycles. The molecule has 2 aliphatic heterocycles. The van der Waals surface area contributed by atoms with Crippen molar-refractivity contribution < 1.29 is 9.53 Å². The summed E-state index contributed by atoms with van der Waals surface area (Å²) < 4.78 is 5.57. The summed E-state index contributed by atoms with van der Waals surface area (Å²) >= 11 is 0. The van der Waals surface area contributed by atoms with E-state index in [4.69, 9.17) is 4.74 Å². The lowest BCUT2D eigenvalue weighted by atomic mass is 9.92. The van der Waals surface area contributed by atoms with Gasteiger partial charge in [0, 0.05) is 13.1 Å². The molecule has 0 spiro atoms. The summed E-state index contributed by atoms with van der Waals surface area (Å²) in [6, 6.07) is 6.88. The predicted molar refractivity (Wildman–Crippen MR) is 101 cm³/mol. The highest BCUT2D eigenvalue weighted by Crippen LogP contribution is 2.31. The Morgan fingerprint density at radius 1 is 1.16 bits per heavy atom. The Morgan fingerprint density at radius 3 is 2.56 bits per heavy atom. The fourth-order valence-corrected chi connectivity index (χ4v) is 3.93. The molecule has 0 aromatic heterocycles. The van der Waals surface area contributed by atoms with Crippen LogP contribution in [0, 0.1) is 0 Å². The van der Waals surface area contributed by atoms with Crippen molar-refractivity contribution in [3.05, 3.63) is 34.9 Å². The van der Waals surface area contributed by atoms with Crippen LogP contribution in [0.2, 0.25) is 0 Å². The predicted octanol–water partition coefficient (Wildman–Crippen LogP) is 4.53. The number of carbonyl (C=O) groups is 1. The van der Waals surface area contributed by atoms with Crippen molar-refractivity contribution in [1.29, 1.82) is 0 Å². The molecule has 1 fully saturated rings. The molecule has 1 saturated heterocycles. The highest BCUT2D eigenvalue weighted by Gasteiger charge is 2.31. The van der Waals surface area contributed by atoms with E-state index in [1.54, 1.807) is 0 Å². The van der Waals surface area contributed by atoms with Gasteiger partial charge in [0.1, 0.15) is 5.60 Å². The van der Waals surface area contributed by atoms with Crippen molar-refractivity contribution >= 4 is 6.09 Å². The Bertz CT molecular complexity index is 615. The van der Waals surface area contributed by atoms with Gasteiger partial charge in [0.05, 0.1) is 6.04 Å². The summed E-state index contributed by atoms with van der Waals surface area (Å²) in [5.74, 6) is 0. The molecule has 2 aliphatic rings. The molecule has 4 heteroatoms. The standard InChI is InChI=1S/C21H32N2O2/c1-16-19-9-8-17(15-22-11-6-5-7-12-22)14-18(19)10-13-23(16)20(24)25-21(2,3)4/h8-9,14,16H,5-7,10-13,15H2,1-4H3. The lowest BCUT2D eigenvalue weighted by molar-refractivity contribution is 0.0159. The van der Waals surface area contributed by atoms with E-state index < -0.39 is 5.60 Å². The summed E-state index contributed by atoms with van der Waals surface area (Å²) in [4.78, 5) is 16.9. The second-order valence-electron chi connectivity index (χ2n) is 8.47. The third-order valence-corrected chi connectivity index (χ3v) is 5.23. The summed E-state index contributed by atoms with van der Waals surface area (Å²) in [6.45, 7) is 12.1. The maximum atomic E-state index is 12.5. The second kappa shape index (κ2) is 7.36. The molecule has 138 valence electrons. The Balaban J connectivity index is 1.69. The van der Waals surface area contributed by atoms with Crippen LogP contribution in [0.15, 0.2) is 18.2 Å². The second-order valence-corrected chi connectivity index (χ2v) is 8.47. The van der Waals surface area contributed by atoms with Crippen LogP contribution < -0.4 is 0 Å². The van der Waals surface area contributed by atoms with Crippen LogP contribution >= 0.6 is 0 Å². The summed E-state index contributed by atoms with van der Waals surface area (Å²) in [6.07, 6.45) is 4.73. The Kier molecular flexibility index (Phi) is 5.38. The number of ether oxygens (including phenoxy) is 1. The minimum absolute atomic E-state index is 0.0719. The molecule has 0 aliphatic carbocycles. The smallest absolute Gasteiger partial charge is 0.410 e. The maximum Gasteiger partial charge on any atom is 0.410 e. The van der Waals surface area contributed by atoms with Gasteiger partial charge in [0.15, 0.2) is 0 Å². The van der Waals surface area contributed by atoms with E-state index in [0.717, 1.165) is 19.5 Å². The minimum Gasteiger partial charge on any atom is -0.444 e. The van der Waals surface area contributed by atoms with Gasteiger partial charge in [-0.2, -0.15) is 0 Å². The van der Waals surface area contributed by atoms with Gasteiger partial charge < -0.3 is 9.64 Å². The molecule has 0 bridgehead atoms. The van der Waals surface area contributed by atoms with Crippen LogP contribution in [0.1, 0.15) is 69.7 Å². The van der Waals surface area contributed by atoms with Crippen LogP contribution in [0.25, 0.3) is 0 Å². The van der Waals surface area contributed by atoms with Gasteiger partial charge >= 0.3 is 6.09 Å². The number of piperidine rings is 1. The van der Waals surface area contributed by atoms with E-state index in [9.17, 15) is 4.79 Å². The molecule has 1 aromatic carbocycles. The molecule has 0 N–H and O–H groups in total. The highest BCUT2D eigenvalue weighted by molar-refractivity contribution is 5.69. The minimum atomic E-state index is -0.449. The first kappa shape index (κ1) is 18.2. The zero-order chi connectivity index (χ0) is 18.0. The van der Waals surface area contributed by atoms with Crippen LogP contribution in [0.4, 0.5) is 4.79 Å². The topological polar surface area (TPSA) is 32.8 Å². The van der Waals surface area contributed by atoms with E-state index in [-0.39, 0.29) is 12.1 Å². The van der Waals surface area contributed by atoms with Crippen molar-refractivity contribution in [1.82, 2.24) is 9.80 Å². The van der Waals surface area contributed by atoms with Gasteiger partial charge in [-0.1, -0.05) is 24.6 Å². The van der Waals surface area contributed by atoms with Crippen molar-refractivity contribution in [2.24, 2.45) is 0 Å². The van der Waals surface area contributed by atoms with E-state index in [1.165, 1.54) is 49.0 Å². The van der Waals surface area contributed by atoms with E-state index in [0.29, 0.717) is 0 Å². The van der Waals surface area contributed by atoms with E-state index in [1.807, 2.05) is 25.7 Å². The van der Waals surface area contributed by atoms with Crippen LogP contribution in [-0.4, -0.2) is 41.1 Å². The highest BCUT2D eigenvalue weighted by atomic mass is 16.6. The summed E-state index contributed by atoms with van der Waals surface area (Å²) in [7, 11) is 0. The number of amides is 1. The molecule has 4 nitrogen and oxygen atoms in total. The fraction of sp³-hybridized carbons (Fsp3) is 0.667. The number of benzene rings is 1. The third-order valence-electron chi connectivity index (χ3n) is 5.23. The van der Waals surface area contributed by atoms with Gasteiger partial charge in [-0.25, -0.2) is 4.79 Å². The first-order chi connectivity index (χ1) is 11.8. The molecule has 3 rings (SSSR count). The van der Waals surface area contributed by atoms with Gasteiger partial charge in [-0.05, 0) is 76.7 Å². The average Bonchev–Trinajstić information content (AvgIpc) is 2.54. The average molecular weight is 344 g/mol. The number of hydrogen-bond acceptors (Lipinski definition) is 3. The first-order valence-electron chi connectivity index (χ1n) is 9.67. The van der Waals surface area contributed by atoms with Crippen molar-refractivity contribution in [2.75, 3.05) is 19.6 Å². The van der Waals surface area contributed by atoms with Crippen molar-refractivity contribution in [3.8, 4) is 0 Å². The van der Waals surface area contributed by atoms with Crippen molar-refractivity contribution in [3.63, 3.8) is 0 Å². The Morgan fingerprint density at radius 2 is 1.88 bits per heavy atom. The number of hydrogen-bond donors (Lipinski definition) is 0. The van der Waals surface area contributed by atoms with Gasteiger partial charge in [0.2, 0.25) is 0 Å². The molecule has 1 atom stereocenters. The number of carbonyl (C=O) groups excluding carboxylic acids is 1. The quantitative estimate of drug-likeness (QED) is 0.790. The maximum absolute atomic E-state index is 12.5. The molecule has 1 unspecified atom stereocenters. The van der Waals surface area contributed by atoms with E-state index in [2.05, 4.69) is 30.0 Å². The zero-order valence-corrected chi connectivity index (χ0v) is 16.2. The monoisotopic (exact) mass is 344 g/mol. The van der Waals surface area contributed by atoms with Gasteiger partial charge in [-0.15, -0.1) is 0 Å². The lowest BCUT2D eigenvalue weighted by Crippen LogP contribution is -2.42. The number of fused-ring (bicyclic) bond motifs is 1. The number of likely N-dealkylation sites (tertiary alicyclic amines) is 1. The van der Waals surface area contributed by atoms with Crippen LogP contribution in [-0.2, 0) is 17.7 Å². The SMILES string of the molecule is CC1c2ccc(CN3CCCCC3)cc2CCN1C(=O)OC(C)(C)C. The molecular formula is C21H32N2O2. The summed E-state index contributed by atoms with van der Waals surface area (Å²) in [5, 5.41) is 0. The normalized spacial score (nSPS) is 21.8. The largest absolute Gasteiger partial charge is 0.444 e. The van der Waals surface area contributed by atoms with Gasteiger partial charge in [-0.3, -0.25) is 4.90 Å². The first-order valence-corrected chi connectivity index (χ1v) is 9.67. The Hall–Kier alpha value is -1.55.